The van der Waals surface area contributed by atoms with E-state index < -0.39 is 9.84 Å². The van der Waals surface area contributed by atoms with E-state index in [2.05, 4.69) is 0 Å². The maximum absolute atomic E-state index is 11.4. The van der Waals surface area contributed by atoms with Gasteiger partial charge in [0, 0.05) is 6.04 Å². The van der Waals surface area contributed by atoms with Crippen LogP contribution < -0.4 is 15.2 Å². The zero-order valence-corrected chi connectivity index (χ0v) is 11.9. The summed E-state index contributed by atoms with van der Waals surface area (Å²) in [6.07, 6.45) is 0.237. The lowest BCUT2D eigenvalue weighted by molar-refractivity contribution is 0.218. The summed E-state index contributed by atoms with van der Waals surface area (Å²) >= 11 is 0. The van der Waals surface area contributed by atoms with Crippen LogP contribution in [-0.2, 0) is 9.84 Å². The zero-order chi connectivity index (χ0) is 14.0. The first-order valence-corrected chi connectivity index (χ1v) is 8.04. The van der Waals surface area contributed by atoms with Gasteiger partial charge in [-0.25, -0.2) is 8.42 Å². The molecule has 1 saturated heterocycles. The number of methoxy groups -OCH3 is 1. The van der Waals surface area contributed by atoms with Crippen LogP contribution in [0.1, 0.15) is 24.9 Å². The van der Waals surface area contributed by atoms with E-state index in [0.717, 1.165) is 5.56 Å². The van der Waals surface area contributed by atoms with Crippen molar-refractivity contribution < 1.29 is 17.9 Å². The molecule has 6 heteroatoms. The number of hydrogen-bond acceptors (Lipinski definition) is 5. The highest BCUT2D eigenvalue weighted by Crippen LogP contribution is 2.32. The molecular weight excluding hydrogens is 266 g/mol. The molecule has 1 aliphatic heterocycles. The van der Waals surface area contributed by atoms with Crippen LogP contribution in [0.3, 0.4) is 0 Å². The molecule has 0 saturated carbocycles. The predicted octanol–water partition coefficient (Wildman–Crippen LogP) is 1.28. The summed E-state index contributed by atoms with van der Waals surface area (Å²) in [6, 6.07) is 5.38. The minimum absolute atomic E-state index is 0.0746. The molecule has 19 heavy (non-hydrogen) atoms. The standard InChI is InChI=1S/C13H19NO4S/c1-9(14)10-3-4-12(13(7-10)17-2)18-11-5-6-19(15,16)8-11/h3-4,7,9,11H,5-6,8,14H2,1-2H3/t9-,11?/m0/s1. The summed E-state index contributed by atoms with van der Waals surface area (Å²) in [5.74, 6) is 1.41. The Bertz CT molecular complexity index is 554. The van der Waals surface area contributed by atoms with Crippen molar-refractivity contribution in [3.8, 4) is 11.5 Å². The van der Waals surface area contributed by atoms with Crippen LogP contribution in [-0.4, -0.2) is 33.1 Å². The molecule has 1 fully saturated rings. The Morgan fingerprint density at radius 1 is 1.37 bits per heavy atom. The Kier molecular flexibility index (Phi) is 4.01. The van der Waals surface area contributed by atoms with Crippen molar-refractivity contribution in [2.45, 2.75) is 25.5 Å². The van der Waals surface area contributed by atoms with E-state index in [-0.39, 0.29) is 23.7 Å². The number of hydrogen-bond donors (Lipinski definition) is 1. The highest BCUT2D eigenvalue weighted by molar-refractivity contribution is 7.91. The third kappa shape index (κ3) is 3.39. The molecule has 2 rings (SSSR count). The fourth-order valence-corrected chi connectivity index (χ4v) is 3.69. The number of benzene rings is 1. The average molecular weight is 285 g/mol. The molecule has 106 valence electrons. The van der Waals surface area contributed by atoms with Gasteiger partial charge in [0.25, 0.3) is 0 Å². The number of ether oxygens (including phenoxy) is 2. The van der Waals surface area contributed by atoms with E-state index in [9.17, 15) is 8.42 Å². The van der Waals surface area contributed by atoms with E-state index >= 15 is 0 Å². The third-order valence-electron chi connectivity index (χ3n) is 3.20. The second-order valence-corrected chi connectivity index (χ2v) is 7.07. The van der Waals surface area contributed by atoms with E-state index in [0.29, 0.717) is 17.9 Å². The van der Waals surface area contributed by atoms with Crippen molar-refractivity contribution in [1.29, 1.82) is 0 Å². The monoisotopic (exact) mass is 285 g/mol. The number of nitrogens with two attached hydrogens (primary N) is 1. The normalized spacial score (nSPS) is 23.0. The Hall–Kier alpha value is -1.27. The molecule has 0 spiro atoms. The number of sulfone groups is 1. The van der Waals surface area contributed by atoms with Crippen molar-refractivity contribution in [3.05, 3.63) is 23.8 Å². The van der Waals surface area contributed by atoms with Crippen LogP contribution >= 0.6 is 0 Å². The molecular formula is C13H19NO4S. The van der Waals surface area contributed by atoms with Crippen LogP contribution in [0.5, 0.6) is 11.5 Å². The molecule has 0 aromatic heterocycles. The quantitative estimate of drug-likeness (QED) is 0.901. The molecule has 1 aromatic rings. The minimum atomic E-state index is -2.94. The summed E-state index contributed by atoms with van der Waals surface area (Å²) in [5, 5.41) is 0. The fourth-order valence-electron chi connectivity index (χ4n) is 2.10. The molecule has 0 radical (unpaired) electrons. The van der Waals surface area contributed by atoms with Gasteiger partial charge in [-0.2, -0.15) is 0 Å². The lowest BCUT2D eigenvalue weighted by Gasteiger charge is -2.16. The van der Waals surface area contributed by atoms with Gasteiger partial charge >= 0.3 is 0 Å². The van der Waals surface area contributed by atoms with Gasteiger partial charge in [0.1, 0.15) is 6.10 Å². The molecule has 2 atom stereocenters. The zero-order valence-electron chi connectivity index (χ0n) is 11.1. The molecule has 1 aromatic carbocycles. The van der Waals surface area contributed by atoms with Crippen LogP contribution in [0.2, 0.25) is 0 Å². The minimum Gasteiger partial charge on any atom is -0.493 e. The molecule has 1 aliphatic rings. The highest BCUT2D eigenvalue weighted by atomic mass is 32.2. The Morgan fingerprint density at radius 3 is 2.63 bits per heavy atom. The molecule has 0 bridgehead atoms. The summed E-state index contributed by atoms with van der Waals surface area (Å²) in [4.78, 5) is 0. The van der Waals surface area contributed by atoms with Crippen molar-refractivity contribution >= 4 is 9.84 Å². The van der Waals surface area contributed by atoms with Crippen LogP contribution in [0.4, 0.5) is 0 Å². The fraction of sp³-hybridized carbons (Fsp3) is 0.538. The Balaban J connectivity index is 2.16. The van der Waals surface area contributed by atoms with Crippen molar-refractivity contribution in [1.82, 2.24) is 0 Å². The Labute approximate surface area is 113 Å². The van der Waals surface area contributed by atoms with Gasteiger partial charge in [-0.15, -0.1) is 0 Å². The molecule has 0 aliphatic carbocycles. The first-order chi connectivity index (χ1) is 8.91. The Morgan fingerprint density at radius 2 is 2.11 bits per heavy atom. The van der Waals surface area contributed by atoms with E-state index in [4.69, 9.17) is 15.2 Å². The topological polar surface area (TPSA) is 78.6 Å². The van der Waals surface area contributed by atoms with Gasteiger partial charge in [0.15, 0.2) is 21.3 Å². The average Bonchev–Trinajstić information content (AvgIpc) is 2.69. The SMILES string of the molecule is COc1cc([C@H](C)N)ccc1OC1CCS(=O)(=O)C1. The van der Waals surface area contributed by atoms with E-state index in [1.165, 1.54) is 0 Å². The second kappa shape index (κ2) is 5.38. The summed E-state index contributed by atoms with van der Waals surface area (Å²) in [6.45, 7) is 1.89. The molecule has 0 amide bonds. The van der Waals surface area contributed by atoms with E-state index in [1.807, 2.05) is 19.1 Å². The smallest absolute Gasteiger partial charge is 0.161 e. The largest absolute Gasteiger partial charge is 0.493 e. The highest BCUT2D eigenvalue weighted by Gasteiger charge is 2.30. The van der Waals surface area contributed by atoms with Crippen LogP contribution in [0.15, 0.2) is 18.2 Å². The van der Waals surface area contributed by atoms with Crippen molar-refractivity contribution in [3.63, 3.8) is 0 Å². The molecule has 2 N–H and O–H groups in total. The maximum atomic E-state index is 11.4. The van der Waals surface area contributed by atoms with Gasteiger partial charge < -0.3 is 15.2 Å². The molecule has 1 heterocycles. The van der Waals surface area contributed by atoms with E-state index in [1.54, 1.807) is 13.2 Å². The van der Waals surface area contributed by atoms with Crippen LogP contribution in [0.25, 0.3) is 0 Å². The second-order valence-electron chi connectivity index (χ2n) is 4.84. The third-order valence-corrected chi connectivity index (χ3v) is 4.94. The first-order valence-electron chi connectivity index (χ1n) is 6.22. The predicted molar refractivity (Wildman–Crippen MR) is 73.3 cm³/mol. The lowest BCUT2D eigenvalue weighted by Crippen LogP contribution is -2.18. The van der Waals surface area contributed by atoms with Crippen molar-refractivity contribution in [2.75, 3.05) is 18.6 Å². The van der Waals surface area contributed by atoms with Crippen molar-refractivity contribution in [2.24, 2.45) is 5.73 Å². The van der Waals surface area contributed by atoms with Gasteiger partial charge in [0.2, 0.25) is 0 Å². The van der Waals surface area contributed by atoms with Gasteiger partial charge in [-0.3, -0.25) is 0 Å². The van der Waals surface area contributed by atoms with Crippen LogP contribution in [0, 0.1) is 0 Å². The molecule has 1 unspecified atom stereocenters. The summed E-state index contributed by atoms with van der Waals surface area (Å²) in [5.41, 5.74) is 6.76. The van der Waals surface area contributed by atoms with Gasteiger partial charge in [-0.1, -0.05) is 6.07 Å². The first kappa shape index (κ1) is 14.1. The number of rotatable bonds is 4. The summed E-state index contributed by atoms with van der Waals surface area (Å²) < 4.78 is 33.8. The van der Waals surface area contributed by atoms with Gasteiger partial charge in [0.05, 0.1) is 18.6 Å². The summed E-state index contributed by atoms with van der Waals surface area (Å²) in [7, 11) is -1.39. The lowest BCUT2D eigenvalue weighted by atomic mass is 10.1. The van der Waals surface area contributed by atoms with Gasteiger partial charge in [-0.05, 0) is 31.0 Å². The maximum Gasteiger partial charge on any atom is 0.161 e. The molecule has 5 nitrogen and oxygen atoms in total.